The van der Waals surface area contributed by atoms with Crippen molar-refractivity contribution in [2.75, 3.05) is 6.61 Å². The van der Waals surface area contributed by atoms with Gasteiger partial charge >= 0.3 is 5.97 Å². The molecule has 0 aliphatic rings. The van der Waals surface area contributed by atoms with Gasteiger partial charge < -0.3 is 9.84 Å². The molecule has 1 aromatic carbocycles. The number of ketones is 1. The van der Waals surface area contributed by atoms with Crippen molar-refractivity contribution < 1.29 is 19.4 Å². The smallest absolute Gasteiger partial charge is 0.310 e. The highest BCUT2D eigenvalue weighted by Gasteiger charge is 1.98. The lowest BCUT2D eigenvalue weighted by atomic mass is 10.2. The quantitative estimate of drug-likeness (QED) is 0.824. The molecule has 0 heterocycles. The van der Waals surface area contributed by atoms with Gasteiger partial charge in [0.2, 0.25) is 0 Å². The number of carbonyl (C=O) groups is 2. The van der Waals surface area contributed by atoms with Gasteiger partial charge in [-0.05, 0) is 32.0 Å². The van der Waals surface area contributed by atoms with Crippen LogP contribution >= 0.6 is 0 Å². The van der Waals surface area contributed by atoms with E-state index in [-0.39, 0.29) is 12.2 Å². The monoisotopic (exact) mass is 249 g/mol. The van der Waals surface area contributed by atoms with Crippen LogP contribution in [0.15, 0.2) is 24.3 Å². The zero-order chi connectivity index (χ0) is 14.0. The minimum Gasteiger partial charge on any atom is -0.494 e. The van der Waals surface area contributed by atoms with Crippen molar-refractivity contribution in [3.8, 4) is 11.8 Å². The van der Waals surface area contributed by atoms with Crippen LogP contribution in [0.3, 0.4) is 0 Å². The summed E-state index contributed by atoms with van der Waals surface area (Å²) in [5, 5.41) is 16.4. The maximum atomic E-state index is 9.87. The number of rotatable bonds is 4. The van der Waals surface area contributed by atoms with E-state index in [1.165, 1.54) is 6.92 Å². The third-order valence-electron chi connectivity index (χ3n) is 1.67. The Hall–Kier alpha value is -2.35. The molecule has 0 fully saturated rings. The van der Waals surface area contributed by atoms with Crippen LogP contribution in [0.25, 0.3) is 0 Å². The van der Waals surface area contributed by atoms with Crippen LogP contribution < -0.4 is 4.74 Å². The van der Waals surface area contributed by atoms with Gasteiger partial charge in [-0.3, -0.25) is 9.59 Å². The molecule has 1 rings (SSSR count). The summed E-state index contributed by atoms with van der Waals surface area (Å²) in [5.74, 6) is -0.619. The number of carboxylic acid groups (broad SMARTS) is 1. The molecular weight excluding hydrogens is 234 g/mol. The molecular formula is C13H15NO4. The first-order valence-corrected chi connectivity index (χ1v) is 5.33. The van der Waals surface area contributed by atoms with Crippen molar-refractivity contribution in [2.45, 2.75) is 20.3 Å². The van der Waals surface area contributed by atoms with E-state index in [1.54, 1.807) is 12.1 Å². The zero-order valence-corrected chi connectivity index (χ0v) is 10.3. The van der Waals surface area contributed by atoms with Crippen molar-refractivity contribution in [1.29, 1.82) is 5.26 Å². The molecule has 0 aromatic heterocycles. The fourth-order valence-electron chi connectivity index (χ4n) is 1.04. The SMILES string of the molecule is CC(=O)CC(=O)O.CCOc1cccc(C#N)c1. The second-order valence-electron chi connectivity index (χ2n) is 3.35. The fraction of sp³-hybridized carbons (Fsp3) is 0.308. The van der Waals surface area contributed by atoms with Crippen molar-refractivity contribution in [3.05, 3.63) is 29.8 Å². The molecule has 0 aliphatic heterocycles. The third kappa shape index (κ3) is 7.88. The molecule has 1 aromatic rings. The Bertz CT molecular complexity index is 437. The molecule has 0 atom stereocenters. The first-order valence-electron chi connectivity index (χ1n) is 5.33. The van der Waals surface area contributed by atoms with Crippen LogP contribution in [-0.2, 0) is 9.59 Å². The van der Waals surface area contributed by atoms with Crippen molar-refractivity contribution in [1.82, 2.24) is 0 Å². The summed E-state index contributed by atoms with van der Waals surface area (Å²) >= 11 is 0. The average molecular weight is 249 g/mol. The predicted octanol–water partition coefficient (Wildman–Crippen LogP) is 2.01. The minimum atomic E-state index is -1.06. The van der Waals surface area contributed by atoms with Gasteiger partial charge in [-0.1, -0.05) is 6.07 Å². The summed E-state index contributed by atoms with van der Waals surface area (Å²) in [5.41, 5.74) is 0.635. The van der Waals surface area contributed by atoms with Gasteiger partial charge in [0.05, 0.1) is 18.2 Å². The number of benzene rings is 1. The Morgan fingerprint density at radius 2 is 2.11 bits per heavy atom. The summed E-state index contributed by atoms with van der Waals surface area (Å²) in [6.07, 6.45) is -0.361. The largest absolute Gasteiger partial charge is 0.494 e. The average Bonchev–Trinajstić information content (AvgIpc) is 2.29. The van der Waals surface area contributed by atoms with E-state index in [1.807, 2.05) is 25.1 Å². The molecule has 5 heteroatoms. The van der Waals surface area contributed by atoms with E-state index < -0.39 is 5.97 Å². The summed E-state index contributed by atoms with van der Waals surface area (Å²) in [6.45, 7) is 3.79. The number of carbonyl (C=O) groups excluding carboxylic acids is 1. The molecule has 0 spiro atoms. The second-order valence-corrected chi connectivity index (χ2v) is 3.35. The Morgan fingerprint density at radius 1 is 1.44 bits per heavy atom. The fourth-order valence-corrected chi connectivity index (χ4v) is 1.04. The van der Waals surface area contributed by atoms with Gasteiger partial charge in [-0.15, -0.1) is 0 Å². The number of nitriles is 1. The highest BCUT2D eigenvalue weighted by Crippen LogP contribution is 2.11. The first-order chi connectivity index (χ1) is 8.49. The third-order valence-corrected chi connectivity index (χ3v) is 1.67. The Labute approximate surface area is 106 Å². The number of hydrogen-bond donors (Lipinski definition) is 1. The molecule has 1 N–H and O–H groups in total. The minimum absolute atomic E-state index is 0.312. The standard InChI is InChI=1S/C9H9NO.C4H6O3/c1-2-11-9-5-3-4-8(6-9)7-10;1-3(5)2-4(6)7/h3-6H,2H2,1H3;2H2,1H3,(H,6,7). The molecule has 0 unspecified atom stereocenters. The number of ether oxygens (including phenoxy) is 1. The topological polar surface area (TPSA) is 87.4 Å². The number of Topliss-reactive ketones (excluding diaryl/α,β-unsaturated/α-hetero) is 1. The van der Waals surface area contributed by atoms with Gasteiger partial charge in [-0.25, -0.2) is 0 Å². The molecule has 0 radical (unpaired) electrons. The van der Waals surface area contributed by atoms with E-state index in [0.717, 1.165) is 5.75 Å². The van der Waals surface area contributed by atoms with E-state index in [0.29, 0.717) is 12.2 Å². The van der Waals surface area contributed by atoms with Gasteiger partial charge in [0, 0.05) is 0 Å². The van der Waals surface area contributed by atoms with Crippen LogP contribution in [0.1, 0.15) is 25.8 Å². The summed E-state index contributed by atoms with van der Waals surface area (Å²) in [7, 11) is 0. The number of carboxylic acids is 1. The van der Waals surface area contributed by atoms with E-state index >= 15 is 0 Å². The molecule has 0 aliphatic carbocycles. The van der Waals surface area contributed by atoms with Gasteiger partial charge in [0.15, 0.2) is 0 Å². The van der Waals surface area contributed by atoms with E-state index in [4.69, 9.17) is 15.1 Å². The summed E-state index contributed by atoms with van der Waals surface area (Å²) in [6, 6.07) is 9.17. The van der Waals surface area contributed by atoms with E-state index in [9.17, 15) is 9.59 Å². The number of nitrogens with zero attached hydrogens (tertiary/aromatic N) is 1. The predicted molar refractivity (Wildman–Crippen MR) is 65.3 cm³/mol. The molecule has 0 saturated carbocycles. The Kier molecular flexibility index (Phi) is 7.62. The molecule has 0 saturated heterocycles. The Balaban J connectivity index is 0.000000360. The lowest BCUT2D eigenvalue weighted by Gasteiger charge is -2.00. The first kappa shape index (κ1) is 15.7. The normalized spacial score (nSPS) is 8.50. The second kappa shape index (κ2) is 8.76. The van der Waals surface area contributed by atoms with Crippen LogP contribution in [-0.4, -0.2) is 23.5 Å². The van der Waals surface area contributed by atoms with Crippen LogP contribution in [0.4, 0.5) is 0 Å². The number of aliphatic carboxylic acids is 1. The van der Waals surface area contributed by atoms with Crippen LogP contribution in [0, 0.1) is 11.3 Å². The van der Waals surface area contributed by atoms with Crippen LogP contribution in [0.2, 0.25) is 0 Å². The van der Waals surface area contributed by atoms with Gasteiger partial charge in [0.25, 0.3) is 0 Å². The van der Waals surface area contributed by atoms with Crippen molar-refractivity contribution >= 4 is 11.8 Å². The van der Waals surface area contributed by atoms with Crippen LogP contribution in [0.5, 0.6) is 5.75 Å². The van der Waals surface area contributed by atoms with Gasteiger partial charge in [0.1, 0.15) is 18.0 Å². The molecule has 5 nitrogen and oxygen atoms in total. The van der Waals surface area contributed by atoms with E-state index in [2.05, 4.69) is 0 Å². The summed E-state index contributed by atoms with van der Waals surface area (Å²) < 4.78 is 5.20. The zero-order valence-electron chi connectivity index (χ0n) is 10.3. The highest BCUT2D eigenvalue weighted by molar-refractivity contribution is 5.93. The van der Waals surface area contributed by atoms with Crippen molar-refractivity contribution in [2.24, 2.45) is 0 Å². The molecule has 96 valence electrons. The lowest BCUT2D eigenvalue weighted by molar-refractivity contribution is -0.139. The number of hydrogen-bond acceptors (Lipinski definition) is 4. The lowest BCUT2D eigenvalue weighted by Crippen LogP contribution is -2.00. The highest BCUT2D eigenvalue weighted by atomic mass is 16.5. The Morgan fingerprint density at radius 3 is 2.50 bits per heavy atom. The maximum Gasteiger partial charge on any atom is 0.310 e. The molecule has 0 bridgehead atoms. The molecule has 18 heavy (non-hydrogen) atoms. The van der Waals surface area contributed by atoms with Gasteiger partial charge in [-0.2, -0.15) is 5.26 Å². The molecule has 0 amide bonds. The maximum absolute atomic E-state index is 9.87. The van der Waals surface area contributed by atoms with Crippen molar-refractivity contribution in [3.63, 3.8) is 0 Å². The summed E-state index contributed by atoms with van der Waals surface area (Å²) in [4.78, 5) is 19.5.